The Labute approximate surface area is 105 Å². The molecule has 3 rings (SSSR count). The van der Waals surface area contributed by atoms with Crippen molar-refractivity contribution in [3.63, 3.8) is 0 Å². The Kier molecular flexibility index (Phi) is 2.72. The van der Waals surface area contributed by atoms with Crippen LogP contribution in [0.4, 0.5) is 0 Å². The predicted octanol–water partition coefficient (Wildman–Crippen LogP) is 4.48. The van der Waals surface area contributed by atoms with Crippen molar-refractivity contribution in [2.75, 3.05) is 0 Å². The zero-order chi connectivity index (χ0) is 11.5. The second-order valence-electron chi connectivity index (χ2n) is 3.81. The molecule has 0 spiro atoms. The molecule has 0 saturated carbocycles. The van der Waals surface area contributed by atoms with Crippen molar-refractivity contribution >= 4 is 11.5 Å². The van der Waals surface area contributed by atoms with Crippen molar-refractivity contribution in [1.82, 2.24) is 4.37 Å². The summed E-state index contributed by atoms with van der Waals surface area (Å²) in [5.41, 5.74) is 3.45. The topological polar surface area (TPSA) is 12.9 Å². The van der Waals surface area contributed by atoms with Crippen molar-refractivity contribution in [3.8, 4) is 21.7 Å². The Morgan fingerprint density at radius 2 is 1.29 bits per heavy atom. The fourth-order valence-corrected chi connectivity index (χ4v) is 2.52. The van der Waals surface area contributed by atoms with Gasteiger partial charge >= 0.3 is 0 Å². The number of hydrogen-bond donors (Lipinski definition) is 0. The number of nitrogens with zero attached hydrogens (tertiary/aromatic N) is 1. The average Bonchev–Trinajstić information content (AvgIpc) is 2.90. The predicted molar refractivity (Wildman–Crippen MR) is 73.0 cm³/mol. The molecular weight excluding hydrogens is 226 g/mol. The van der Waals surface area contributed by atoms with Gasteiger partial charge in [-0.15, -0.1) is 0 Å². The Bertz CT molecular complexity index is 545. The fraction of sp³-hybridized carbons (Fsp3) is 0. The largest absolute Gasteiger partial charge is 0.192 e. The molecule has 2 aromatic carbocycles. The van der Waals surface area contributed by atoms with Gasteiger partial charge in [-0.3, -0.25) is 0 Å². The van der Waals surface area contributed by atoms with Gasteiger partial charge in [0.15, 0.2) is 0 Å². The lowest BCUT2D eigenvalue weighted by Crippen LogP contribution is -1.73. The Morgan fingerprint density at radius 3 is 1.94 bits per heavy atom. The minimum Gasteiger partial charge on any atom is -0.192 e. The molecule has 0 aliphatic rings. The lowest BCUT2D eigenvalue weighted by Gasteiger charge is -1.94. The standard InChI is InChI=1S/C15H11NS/c1-3-7-12(8-4-1)14-11-15(17-16-14)13-9-5-2-6-10-13/h1-11H. The van der Waals surface area contributed by atoms with E-state index in [-0.39, 0.29) is 0 Å². The van der Waals surface area contributed by atoms with Gasteiger partial charge in [-0.2, -0.15) is 4.37 Å². The summed E-state index contributed by atoms with van der Waals surface area (Å²) in [5, 5.41) is 0. The van der Waals surface area contributed by atoms with Crippen LogP contribution in [-0.4, -0.2) is 4.37 Å². The molecule has 0 unspecified atom stereocenters. The molecule has 82 valence electrons. The van der Waals surface area contributed by atoms with Crippen LogP contribution >= 0.6 is 11.5 Å². The zero-order valence-corrected chi connectivity index (χ0v) is 10.0. The van der Waals surface area contributed by atoms with Crippen LogP contribution in [0.1, 0.15) is 0 Å². The average molecular weight is 237 g/mol. The molecule has 0 bridgehead atoms. The van der Waals surface area contributed by atoms with Gasteiger partial charge in [0.1, 0.15) is 0 Å². The molecule has 0 aliphatic heterocycles. The third kappa shape index (κ3) is 2.12. The molecule has 0 saturated heterocycles. The number of rotatable bonds is 2. The quantitative estimate of drug-likeness (QED) is 0.640. The van der Waals surface area contributed by atoms with E-state index in [0.717, 1.165) is 5.69 Å². The highest BCUT2D eigenvalue weighted by Gasteiger charge is 2.05. The lowest BCUT2D eigenvalue weighted by molar-refractivity contribution is 1.52. The number of hydrogen-bond acceptors (Lipinski definition) is 2. The second kappa shape index (κ2) is 4.52. The van der Waals surface area contributed by atoms with Crippen LogP contribution in [0.15, 0.2) is 66.7 Å². The van der Waals surface area contributed by atoms with Crippen LogP contribution in [0, 0.1) is 0 Å². The minimum absolute atomic E-state index is 1.05. The summed E-state index contributed by atoms with van der Waals surface area (Å²) in [6.07, 6.45) is 0. The van der Waals surface area contributed by atoms with Crippen LogP contribution < -0.4 is 0 Å². The SMILES string of the molecule is c1ccc(-c2cc(-c3ccccc3)sn2)cc1. The number of benzene rings is 2. The van der Waals surface area contributed by atoms with Crippen molar-refractivity contribution in [2.45, 2.75) is 0 Å². The van der Waals surface area contributed by atoms with Gasteiger partial charge in [0.2, 0.25) is 0 Å². The van der Waals surface area contributed by atoms with Crippen LogP contribution in [0.25, 0.3) is 21.7 Å². The molecule has 0 fully saturated rings. The van der Waals surface area contributed by atoms with E-state index in [2.05, 4.69) is 46.8 Å². The Balaban J connectivity index is 1.99. The van der Waals surface area contributed by atoms with E-state index in [4.69, 9.17) is 0 Å². The van der Waals surface area contributed by atoms with Crippen LogP contribution in [0.3, 0.4) is 0 Å². The van der Waals surface area contributed by atoms with Gasteiger partial charge in [0.25, 0.3) is 0 Å². The highest BCUT2D eigenvalue weighted by molar-refractivity contribution is 7.09. The molecule has 3 aromatic rings. The van der Waals surface area contributed by atoms with Gasteiger partial charge in [0.05, 0.1) is 10.6 Å². The van der Waals surface area contributed by atoms with Crippen molar-refractivity contribution in [1.29, 1.82) is 0 Å². The van der Waals surface area contributed by atoms with E-state index in [1.165, 1.54) is 16.0 Å². The molecule has 0 N–H and O–H groups in total. The molecular formula is C15H11NS. The van der Waals surface area contributed by atoms with Gasteiger partial charge < -0.3 is 0 Å². The highest BCUT2D eigenvalue weighted by Crippen LogP contribution is 2.29. The number of aromatic nitrogens is 1. The third-order valence-corrected chi connectivity index (χ3v) is 3.48. The Morgan fingerprint density at radius 1 is 0.706 bits per heavy atom. The fourth-order valence-electron chi connectivity index (χ4n) is 1.76. The maximum Gasteiger partial charge on any atom is 0.0847 e. The molecule has 0 atom stereocenters. The summed E-state index contributed by atoms with van der Waals surface area (Å²) in [5.74, 6) is 0. The first-order chi connectivity index (χ1) is 8.43. The van der Waals surface area contributed by atoms with Crippen molar-refractivity contribution < 1.29 is 0 Å². The first kappa shape index (κ1) is 10.2. The molecule has 0 amide bonds. The summed E-state index contributed by atoms with van der Waals surface area (Å²) < 4.78 is 4.50. The zero-order valence-electron chi connectivity index (χ0n) is 9.21. The van der Waals surface area contributed by atoms with E-state index < -0.39 is 0 Å². The van der Waals surface area contributed by atoms with Crippen LogP contribution in [0.2, 0.25) is 0 Å². The highest BCUT2D eigenvalue weighted by atomic mass is 32.1. The van der Waals surface area contributed by atoms with E-state index in [1.807, 2.05) is 24.3 Å². The van der Waals surface area contributed by atoms with E-state index in [1.54, 1.807) is 11.5 Å². The summed E-state index contributed by atoms with van der Waals surface area (Å²) >= 11 is 1.55. The molecule has 1 heterocycles. The first-order valence-electron chi connectivity index (χ1n) is 5.51. The van der Waals surface area contributed by atoms with Crippen LogP contribution in [0.5, 0.6) is 0 Å². The smallest absolute Gasteiger partial charge is 0.0847 e. The minimum atomic E-state index is 1.05. The van der Waals surface area contributed by atoms with Gasteiger partial charge in [0, 0.05) is 5.56 Å². The van der Waals surface area contributed by atoms with Gasteiger partial charge in [-0.1, -0.05) is 60.7 Å². The first-order valence-corrected chi connectivity index (χ1v) is 6.28. The molecule has 0 radical (unpaired) electrons. The molecule has 2 heteroatoms. The van der Waals surface area contributed by atoms with Crippen LogP contribution in [-0.2, 0) is 0 Å². The van der Waals surface area contributed by atoms with Crippen molar-refractivity contribution in [3.05, 3.63) is 66.7 Å². The van der Waals surface area contributed by atoms with Gasteiger partial charge in [-0.05, 0) is 23.2 Å². The molecule has 0 aliphatic carbocycles. The Hall–Kier alpha value is -1.93. The summed E-state index contributed by atoms with van der Waals surface area (Å²) in [4.78, 5) is 1.21. The summed E-state index contributed by atoms with van der Waals surface area (Å²) in [7, 11) is 0. The van der Waals surface area contributed by atoms with Crippen molar-refractivity contribution in [2.24, 2.45) is 0 Å². The van der Waals surface area contributed by atoms with E-state index in [0.29, 0.717) is 0 Å². The van der Waals surface area contributed by atoms with E-state index in [9.17, 15) is 0 Å². The summed E-state index contributed by atoms with van der Waals surface area (Å²) in [6, 6.07) is 22.8. The lowest BCUT2D eigenvalue weighted by atomic mass is 10.1. The second-order valence-corrected chi connectivity index (χ2v) is 4.61. The normalized spacial score (nSPS) is 10.4. The third-order valence-electron chi connectivity index (χ3n) is 2.64. The maximum atomic E-state index is 4.50. The van der Waals surface area contributed by atoms with E-state index >= 15 is 0 Å². The molecule has 17 heavy (non-hydrogen) atoms. The molecule has 1 aromatic heterocycles. The van der Waals surface area contributed by atoms with Gasteiger partial charge in [-0.25, -0.2) is 0 Å². The monoisotopic (exact) mass is 237 g/mol. The maximum absolute atomic E-state index is 4.50. The summed E-state index contributed by atoms with van der Waals surface area (Å²) in [6.45, 7) is 0. The molecule has 1 nitrogen and oxygen atoms in total.